The van der Waals surface area contributed by atoms with Crippen molar-refractivity contribution in [3.05, 3.63) is 29.8 Å². The molecule has 0 aliphatic rings. The van der Waals surface area contributed by atoms with Crippen molar-refractivity contribution in [3.63, 3.8) is 0 Å². The van der Waals surface area contributed by atoms with Gasteiger partial charge in [0, 0.05) is 0 Å². The Morgan fingerprint density at radius 1 is 1.27 bits per heavy atom. The summed E-state index contributed by atoms with van der Waals surface area (Å²) in [6, 6.07) is 2.83. The summed E-state index contributed by atoms with van der Waals surface area (Å²) in [5.41, 5.74) is 7.05. The lowest BCUT2D eigenvalue weighted by molar-refractivity contribution is 0.621. The molecule has 2 aromatic heterocycles. The lowest BCUT2D eigenvalue weighted by Crippen LogP contribution is -2.02. The van der Waals surface area contributed by atoms with Crippen molar-refractivity contribution >= 4 is 5.95 Å². The predicted molar refractivity (Wildman–Crippen MR) is 52.2 cm³/mol. The minimum Gasteiger partial charge on any atom is -0.366 e. The van der Waals surface area contributed by atoms with E-state index in [9.17, 15) is 4.39 Å². The van der Waals surface area contributed by atoms with Crippen LogP contribution in [-0.2, 0) is 0 Å². The van der Waals surface area contributed by atoms with Gasteiger partial charge in [0.05, 0.1) is 17.6 Å². The van der Waals surface area contributed by atoms with Crippen LogP contribution >= 0.6 is 0 Å². The van der Waals surface area contributed by atoms with Crippen LogP contribution in [0.2, 0.25) is 0 Å². The first-order valence-corrected chi connectivity index (χ1v) is 4.25. The van der Waals surface area contributed by atoms with E-state index in [-0.39, 0.29) is 5.95 Å². The number of aromatic nitrogens is 4. The first-order valence-electron chi connectivity index (χ1n) is 4.25. The number of hydrogen-bond donors (Lipinski definition) is 1. The van der Waals surface area contributed by atoms with Crippen molar-refractivity contribution < 1.29 is 4.39 Å². The van der Waals surface area contributed by atoms with Gasteiger partial charge in [0.25, 0.3) is 0 Å². The molecular weight excluding hydrogens is 197 g/mol. The highest BCUT2D eigenvalue weighted by Crippen LogP contribution is 2.16. The van der Waals surface area contributed by atoms with E-state index in [2.05, 4.69) is 20.2 Å². The molecule has 5 nitrogen and oxygen atoms in total. The van der Waals surface area contributed by atoms with Crippen molar-refractivity contribution in [1.82, 2.24) is 20.2 Å². The van der Waals surface area contributed by atoms with E-state index < -0.39 is 5.82 Å². The van der Waals surface area contributed by atoms with Gasteiger partial charge in [-0.2, -0.15) is 0 Å². The third-order valence-corrected chi connectivity index (χ3v) is 1.84. The van der Waals surface area contributed by atoms with Gasteiger partial charge in [-0.3, -0.25) is 4.98 Å². The Morgan fingerprint density at radius 3 is 2.73 bits per heavy atom. The standard InChI is InChI=1S/C9H8FN5/c1-5-8(13-9(11)15-14-5)7-3-2-6(10)4-12-7/h2-4H,1H3,(H2,11,13,15). The van der Waals surface area contributed by atoms with Gasteiger partial charge in [-0.1, -0.05) is 0 Å². The van der Waals surface area contributed by atoms with Gasteiger partial charge in [0.1, 0.15) is 11.5 Å². The van der Waals surface area contributed by atoms with Gasteiger partial charge in [-0.05, 0) is 19.1 Å². The van der Waals surface area contributed by atoms with E-state index in [1.165, 1.54) is 12.1 Å². The van der Waals surface area contributed by atoms with Crippen LogP contribution in [0.1, 0.15) is 5.69 Å². The smallest absolute Gasteiger partial charge is 0.240 e. The van der Waals surface area contributed by atoms with Gasteiger partial charge in [-0.25, -0.2) is 9.37 Å². The van der Waals surface area contributed by atoms with Gasteiger partial charge >= 0.3 is 0 Å². The molecule has 0 aliphatic carbocycles. The summed E-state index contributed by atoms with van der Waals surface area (Å²) in [5.74, 6) is -0.326. The Morgan fingerprint density at radius 2 is 2.07 bits per heavy atom. The Labute approximate surface area is 85.2 Å². The fraction of sp³-hybridized carbons (Fsp3) is 0.111. The molecule has 6 heteroatoms. The molecule has 0 amide bonds. The van der Waals surface area contributed by atoms with Gasteiger partial charge in [-0.15, -0.1) is 10.2 Å². The number of hydrogen-bond acceptors (Lipinski definition) is 5. The monoisotopic (exact) mass is 205 g/mol. The van der Waals surface area contributed by atoms with Crippen LogP contribution in [-0.4, -0.2) is 20.2 Å². The number of nitrogen functional groups attached to an aromatic ring is 1. The average molecular weight is 205 g/mol. The van der Waals surface area contributed by atoms with Crippen LogP contribution in [0.3, 0.4) is 0 Å². The van der Waals surface area contributed by atoms with E-state index in [4.69, 9.17) is 5.73 Å². The number of nitrogens with two attached hydrogens (primary N) is 1. The normalized spacial score (nSPS) is 10.3. The van der Waals surface area contributed by atoms with Crippen LogP contribution in [0.15, 0.2) is 18.3 Å². The molecule has 0 atom stereocenters. The molecule has 2 N–H and O–H groups in total. The lowest BCUT2D eigenvalue weighted by atomic mass is 10.2. The first kappa shape index (κ1) is 9.45. The highest BCUT2D eigenvalue weighted by Gasteiger charge is 2.07. The number of halogens is 1. The third kappa shape index (κ3) is 1.88. The Kier molecular flexibility index (Phi) is 2.24. The van der Waals surface area contributed by atoms with E-state index >= 15 is 0 Å². The van der Waals surface area contributed by atoms with Crippen molar-refractivity contribution in [3.8, 4) is 11.4 Å². The maximum atomic E-state index is 12.6. The highest BCUT2D eigenvalue weighted by atomic mass is 19.1. The molecule has 0 saturated heterocycles. The van der Waals surface area contributed by atoms with Gasteiger partial charge in [0.2, 0.25) is 5.95 Å². The molecule has 0 fully saturated rings. The SMILES string of the molecule is Cc1nnc(N)nc1-c1ccc(F)cn1. The minimum atomic E-state index is -0.397. The molecular formula is C9H8FN5. The second kappa shape index (κ2) is 3.56. The number of nitrogens with zero attached hydrogens (tertiary/aromatic N) is 4. The maximum absolute atomic E-state index is 12.6. The van der Waals surface area contributed by atoms with Gasteiger partial charge in [0.15, 0.2) is 0 Å². The Hall–Kier alpha value is -2.11. The number of rotatable bonds is 1. The largest absolute Gasteiger partial charge is 0.366 e. The summed E-state index contributed by atoms with van der Waals surface area (Å²) in [6.07, 6.45) is 1.12. The molecule has 0 aromatic carbocycles. The highest BCUT2D eigenvalue weighted by molar-refractivity contribution is 5.57. The van der Waals surface area contributed by atoms with E-state index in [1.54, 1.807) is 6.92 Å². The number of anilines is 1. The molecule has 76 valence electrons. The zero-order valence-electron chi connectivity index (χ0n) is 7.98. The zero-order valence-corrected chi connectivity index (χ0v) is 7.98. The summed E-state index contributed by atoms with van der Waals surface area (Å²) >= 11 is 0. The second-order valence-electron chi connectivity index (χ2n) is 2.97. The quantitative estimate of drug-likeness (QED) is 0.750. The topological polar surface area (TPSA) is 77.6 Å². The van der Waals surface area contributed by atoms with Crippen molar-refractivity contribution in [2.75, 3.05) is 5.73 Å². The van der Waals surface area contributed by atoms with Crippen LogP contribution in [0, 0.1) is 12.7 Å². The van der Waals surface area contributed by atoms with Crippen LogP contribution in [0.25, 0.3) is 11.4 Å². The molecule has 2 rings (SSSR count). The minimum absolute atomic E-state index is 0.0710. The number of pyridine rings is 1. The fourth-order valence-corrected chi connectivity index (χ4v) is 1.15. The molecule has 0 aliphatic heterocycles. The summed E-state index contributed by atoms with van der Waals surface area (Å²) in [6.45, 7) is 1.74. The number of aryl methyl sites for hydroxylation is 1. The summed E-state index contributed by atoms with van der Waals surface area (Å²) in [5, 5.41) is 7.40. The maximum Gasteiger partial charge on any atom is 0.240 e. The summed E-state index contributed by atoms with van der Waals surface area (Å²) in [7, 11) is 0. The van der Waals surface area contributed by atoms with Crippen molar-refractivity contribution in [2.45, 2.75) is 6.92 Å². The van der Waals surface area contributed by atoms with E-state index in [0.29, 0.717) is 17.1 Å². The fourth-order valence-electron chi connectivity index (χ4n) is 1.15. The third-order valence-electron chi connectivity index (χ3n) is 1.84. The molecule has 2 heterocycles. The van der Waals surface area contributed by atoms with E-state index in [1.807, 2.05) is 0 Å². The molecule has 0 spiro atoms. The van der Waals surface area contributed by atoms with Crippen LogP contribution < -0.4 is 5.73 Å². The Balaban J connectivity index is 2.53. The molecule has 2 aromatic rings. The Bertz CT molecular complexity index is 482. The molecule has 0 saturated carbocycles. The predicted octanol–water partition coefficient (Wildman–Crippen LogP) is 0.963. The molecule has 0 unspecified atom stereocenters. The molecule has 0 radical (unpaired) electrons. The van der Waals surface area contributed by atoms with Crippen LogP contribution in [0.5, 0.6) is 0 Å². The second-order valence-corrected chi connectivity index (χ2v) is 2.97. The van der Waals surface area contributed by atoms with Gasteiger partial charge < -0.3 is 5.73 Å². The van der Waals surface area contributed by atoms with Crippen LogP contribution in [0.4, 0.5) is 10.3 Å². The van der Waals surface area contributed by atoms with Crippen molar-refractivity contribution in [1.29, 1.82) is 0 Å². The summed E-state index contributed by atoms with van der Waals surface area (Å²) < 4.78 is 12.6. The molecule has 0 bridgehead atoms. The first-order chi connectivity index (χ1) is 7.16. The summed E-state index contributed by atoms with van der Waals surface area (Å²) in [4.78, 5) is 7.88. The zero-order chi connectivity index (χ0) is 10.8. The molecule has 15 heavy (non-hydrogen) atoms. The van der Waals surface area contributed by atoms with Crippen molar-refractivity contribution in [2.24, 2.45) is 0 Å². The lowest BCUT2D eigenvalue weighted by Gasteiger charge is -2.02. The average Bonchev–Trinajstić information content (AvgIpc) is 2.23. The van der Waals surface area contributed by atoms with E-state index in [0.717, 1.165) is 6.20 Å².